The van der Waals surface area contributed by atoms with Crippen molar-refractivity contribution in [3.05, 3.63) is 59.3 Å². The molecule has 0 aromatic rings. The molecule has 0 heterocycles. The molecular weight excluding hydrogens is 212 g/mol. The van der Waals surface area contributed by atoms with Crippen LogP contribution in [-0.2, 0) is 9.59 Å². The number of carbonyl (C=O) groups is 2. The first-order chi connectivity index (χ1) is 8.21. The van der Waals surface area contributed by atoms with E-state index in [0.717, 1.165) is 36.6 Å². The van der Waals surface area contributed by atoms with Crippen LogP contribution in [0.25, 0.3) is 0 Å². The highest BCUT2D eigenvalue weighted by atomic mass is 16.1. The molecule has 0 atom stereocenters. The summed E-state index contributed by atoms with van der Waals surface area (Å²) in [7, 11) is 0. The Morgan fingerprint density at radius 2 is 2.00 bits per heavy atom. The van der Waals surface area contributed by atoms with E-state index in [0.29, 0.717) is 5.57 Å². The quantitative estimate of drug-likeness (QED) is 0.411. The summed E-state index contributed by atoms with van der Waals surface area (Å²) >= 11 is 0. The number of allylic oxidation sites excluding steroid dienone is 9. The van der Waals surface area contributed by atoms with Gasteiger partial charge in [-0.1, -0.05) is 37.0 Å². The third-order valence-electron chi connectivity index (χ3n) is 2.74. The highest BCUT2D eigenvalue weighted by Crippen LogP contribution is 2.23. The normalized spacial score (nSPS) is 17.0. The summed E-state index contributed by atoms with van der Waals surface area (Å²) in [4.78, 5) is 21.1. The molecule has 0 aromatic carbocycles. The molecule has 0 fully saturated rings. The summed E-state index contributed by atoms with van der Waals surface area (Å²) in [6.45, 7) is 5.55. The summed E-state index contributed by atoms with van der Waals surface area (Å²) in [5.74, 6) is 0. The Hall–Kier alpha value is -1.96. The van der Waals surface area contributed by atoms with E-state index in [4.69, 9.17) is 0 Å². The van der Waals surface area contributed by atoms with Crippen LogP contribution in [0.5, 0.6) is 0 Å². The predicted molar refractivity (Wildman–Crippen MR) is 69.6 cm³/mol. The van der Waals surface area contributed by atoms with E-state index in [2.05, 4.69) is 6.58 Å². The lowest BCUT2D eigenvalue weighted by Crippen LogP contribution is -1.95. The summed E-state index contributed by atoms with van der Waals surface area (Å²) < 4.78 is 0. The van der Waals surface area contributed by atoms with Gasteiger partial charge in [0.05, 0.1) is 0 Å². The number of hydrogen-bond acceptors (Lipinski definition) is 2. The van der Waals surface area contributed by atoms with Crippen LogP contribution in [0.3, 0.4) is 0 Å². The fourth-order valence-electron chi connectivity index (χ4n) is 1.56. The molecule has 0 amide bonds. The minimum atomic E-state index is 0.560. The van der Waals surface area contributed by atoms with Crippen molar-refractivity contribution in [3.63, 3.8) is 0 Å². The Balaban J connectivity index is 2.84. The molecule has 0 radical (unpaired) electrons. The van der Waals surface area contributed by atoms with Crippen molar-refractivity contribution in [1.82, 2.24) is 0 Å². The number of carbonyl (C=O) groups excluding carboxylic acids is 2. The molecule has 0 saturated heterocycles. The van der Waals surface area contributed by atoms with Gasteiger partial charge in [-0.25, -0.2) is 0 Å². The average Bonchev–Trinajstić information content (AvgIpc) is 2.39. The van der Waals surface area contributed by atoms with E-state index < -0.39 is 0 Å². The van der Waals surface area contributed by atoms with Gasteiger partial charge in [-0.2, -0.15) is 0 Å². The minimum absolute atomic E-state index is 0.560. The summed E-state index contributed by atoms with van der Waals surface area (Å²) in [6, 6.07) is 0. The standard InChI is InChI=1S/C15H16O2/c1-3-13(10-16)5-4-12(2)15-8-6-14(11-17)7-9-15/h3-6,8,10-11H,1,7,9H2,2H3/b12-4+,13-5+. The summed E-state index contributed by atoms with van der Waals surface area (Å²) in [6.07, 6.45) is 12.3. The molecule has 0 unspecified atom stereocenters. The lowest BCUT2D eigenvalue weighted by Gasteiger charge is -2.11. The molecule has 2 nitrogen and oxygen atoms in total. The van der Waals surface area contributed by atoms with Gasteiger partial charge in [-0.05, 0) is 36.5 Å². The van der Waals surface area contributed by atoms with E-state index in [1.54, 1.807) is 6.08 Å². The second-order valence-electron chi connectivity index (χ2n) is 3.89. The smallest absolute Gasteiger partial charge is 0.150 e. The van der Waals surface area contributed by atoms with Gasteiger partial charge in [0.25, 0.3) is 0 Å². The second-order valence-corrected chi connectivity index (χ2v) is 3.89. The number of rotatable bonds is 5. The van der Waals surface area contributed by atoms with Crippen molar-refractivity contribution < 1.29 is 9.59 Å². The predicted octanol–water partition coefficient (Wildman–Crippen LogP) is 3.09. The van der Waals surface area contributed by atoms with Gasteiger partial charge in [-0.3, -0.25) is 9.59 Å². The topological polar surface area (TPSA) is 34.1 Å². The molecule has 0 aliphatic heterocycles. The first-order valence-corrected chi connectivity index (χ1v) is 5.52. The Morgan fingerprint density at radius 1 is 1.24 bits per heavy atom. The molecule has 0 bridgehead atoms. The van der Waals surface area contributed by atoms with Crippen LogP contribution in [0.2, 0.25) is 0 Å². The maximum atomic E-state index is 10.6. The van der Waals surface area contributed by atoms with Crippen molar-refractivity contribution in [2.75, 3.05) is 0 Å². The maximum Gasteiger partial charge on any atom is 0.150 e. The Labute approximate surface area is 102 Å². The third-order valence-corrected chi connectivity index (χ3v) is 2.74. The largest absolute Gasteiger partial charge is 0.298 e. The van der Waals surface area contributed by atoms with Crippen molar-refractivity contribution in [3.8, 4) is 0 Å². The lowest BCUT2D eigenvalue weighted by atomic mass is 9.94. The van der Waals surface area contributed by atoms with Crippen molar-refractivity contribution >= 4 is 12.6 Å². The maximum absolute atomic E-state index is 10.6. The summed E-state index contributed by atoms with van der Waals surface area (Å²) in [5, 5.41) is 0. The van der Waals surface area contributed by atoms with Gasteiger partial charge in [0.15, 0.2) is 0 Å². The van der Waals surface area contributed by atoms with Crippen LogP contribution in [-0.4, -0.2) is 12.6 Å². The highest BCUT2D eigenvalue weighted by Gasteiger charge is 2.06. The van der Waals surface area contributed by atoms with Gasteiger partial charge in [0, 0.05) is 5.57 Å². The Morgan fingerprint density at radius 3 is 2.47 bits per heavy atom. The minimum Gasteiger partial charge on any atom is -0.298 e. The second kappa shape index (κ2) is 6.59. The van der Waals surface area contributed by atoms with E-state index in [-0.39, 0.29) is 0 Å². The van der Waals surface area contributed by atoms with Crippen LogP contribution < -0.4 is 0 Å². The van der Waals surface area contributed by atoms with E-state index in [9.17, 15) is 9.59 Å². The number of hydrogen-bond donors (Lipinski definition) is 0. The summed E-state index contributed by atoms with van der Waals surface area (Å²) in [5.41, 5.74) is 3.69. The number of aldehydes is 2. The van der Waals surface area contributed by atoms with E-state index in [1.807, 2.05) is 25.2 Å². The fourth-order valence-corrected chi connectivity index (χ4v) is 1.56. The molecule has 0 spiro atoms. The van der Waals surface area contributed by atoms with Gasteiger partial charge < -0.3 is 0 Å². The van der Waals surface area contributed by atoms with Crippen LogP contribution in [0, 0.1) is 0 Å². The molecule has 1 aliphatic rings. The van der Waals surface area contributed by atoms with Gasteiger partial charge in [0.1, 0.15) is 12.6 Å². The van der Waals surface area contributed by atoms with Gasteiger partial charge >= 0.3 is 0 Å². The molecule has 1 aliphatic carbocycles. The van der Waals surface area contributed by atoms with Crippen molar-refractivity contribution in [1.29, 1.82) is 0 Å². The molecule has 17 heavy (non-hydrogen) atoms. The van der Waals surface area contributed by atoms with Gasteiger partial charge in [-0.15, -0.1) is 0 Å². The highest BCUT2D eigenvalue weighted by molar-refractivity contribution is 5.78. The van der Waals surface area contributed by atoms with E-state index >= 15 is 0 Å². The lowest BCUT2D eigenvalue weighted by molar-refractivity contribution is -0.105. The molecule has 88 valence electrons. The van der Waals surface area contributed by atoms with Crippen LogP contribution in [0.1, 0.15) is 19.8 Å². The Bertz CT molecular complexity index is 436. The van der Waals surface area contributed by atoms with E-state index in [1.165, 1.54) is 11.6 Å². The molecule has 2 heteroatoms. The zero-order valence-corrected chi connectivity index (χ0v) is 9.98. The zero-order valence-electron chi connectivity index (χ0n) is 9.98. The van der Waals surface area contributed by atoms with Crippen LogP contribution in [0.4, 0.5) is 0 Å². The van der Waals surface area contributed by atoms with Crippen molar-refractivity contribution in [2.45, 2.75) is 19.8 Å². The SMILES string of the molecule is C=C/C(C=O)=C\C=C(/C)C1=CC=C(C=O)CC1. The van der Waals surface area contributed by atoms with Crippen LogP contribution >= 0.6 is 0 Å². The first kappa shape index (κ1) is 13.1. The monoisotopic (exact) mass is 228 g/mol. The molecule has 0 N–H and O–H groups in total. The average molecular weight is 228 g/mol. The van der Waals surface area contributed by atoms with Crippen molar-refractivity contribution in [2.24, 2.45) is 0 Å². The van der Waals surface area contributed by atoms with Crippen LogP contribution in [0.15, 0.2) is 59.3 Å². The first-order valence-electron chi connectivity index (χ1n) is 5.52. The third kappa shape index (κ3) is 3.83. The molecular formula is C15H16O2. The Kier molecular flexibility index (Phi) is 5.08. The molecule has 0 aromatic heterocycles. The zero-order chi connectivity index (χ0) is 12.7. The van der Waals surface area contributed by atoms with Gasteiger partial charge in [0.2, 0.25) is 0 Å². The molecule has 1 rings (SSSR count). The fraction of sp³-hybridized carbons (Fsp3) is 0.200. The molecule has 0 saturated carbocycles.